The van der Waals surface area contributed by atoms with Gasteiger partial charge in [-0.05, 0) is 31.0 Å². The van der Waals surface area contributed by atoms with Crippen LogP contribution in [-0.4, -0.2) is 38.4 Å². The number of aryl methyl sites for hydroxylation is 1. The van der Waals surface area contributed by atoms with Gasteiger partial charge in [-0.1, -0.05) is 13.0 Å². The number of hydrogen-bond donors (Lipinski definition) is 1. The maximum atomic E-state index is 13.8. The van der Waals surface area contributed by atoms with Crippen molar-refractivity contribution in [3.05, 3.63) is 29.6 Å². The molecule has 0 radical (unpaired) electrons. The molecule has 1 N–H and O–H groups in total. The second-order valence-electron chi connectivity index (χ2n) is 4.86. The molecule has 6 heteroatoms. The molecule has 0 saturated carbocycles. The highest BCUT2D eigenvalue weighted by Crippen LogP contribution is 2.23. The lowest BCUT2D eigenvalue weighted by Gasteiger charge is -2.37. The van der Waals surface area contributed by atoms with Crippen molar-refractivity contribution in [2.45, 2.75) is 31.2 Å². The van der Waals surface area contributed by atoms with Gasteiger partial charge >= 0.3 is 0 Å². The van der Waals surface area contributed by atoms with Crippen LogP contribution in [-0.2, 0) is 10.0 Å². The molecule has 0 bridgehead atoms. The molecule has 4 nitrogen and oxygen atoms in total. The third-order valence-corrected chi connectivity index (χ3v) is 5.25. The smallest absolute Gasteiger partial charge is 0.246 e. The van der Waals surface area contributed by atoms with Crippen LogP contribution >= 0.6 is 0 Å². The number of benzene rings is 1. The maximum absolute atomic E-state index is 13.8. The summed E-state index contributed by atoms with van der Waals surface area (Å²) in [5.74, 6) is -0.681. The summed E-state index contributed by atoms with van der Waals surface area (Å²) in [5, 5.41) is 3.05. The predicted molar refractivity (Wildman–Crippen MR) is 72.0 cm³/mol. The lowest BCUT2D eigenvalue weighted by atomic mass is 10.2. The fourth-order valence-electron chi connectivity index (χ4n) is 2.13. The largest absolute Gasteiger partial charge is 0.313 e. The summed E-state index contributed by atoms with van der Waals surface area (Å²) in [6, 6.07) is 4.12. The average Bonchev–Trinajstić information content (AvgIpc) is 2.29. The van der Waals surface area contributed by atoms with Crippen molar-refractivity contribution < 1.29 is 12.8 Å². The molecule has 0 aromatic heterocycles. The van der Waals surface area contributed by atoms with E-state index in [-0.39, 0.29) is 10.9 Å². The molecule has 1 aliphatic rings. The minimum Gasteiger partial charge on any atom is -0.313 e. The molecule has 0 aliphatic carbocycles. The molecule has 1 heterocycles. The van der Waals surface area contributed by atoms with Gasteiger partial charge in [0.2, 0.25) is 10.0 Å². The fraction of sp³-hybridized carbons (Fsp3) is 0.538. The quantitative estimate of drug-likeness (QED) is 0.892. The number of halogens is 1. The third-order valence-electron chi connectivity index (χ3n) is 3.28. The predicted octanol–water partition coefficient (Wildman–Crippen LogP) is 1.51. The van der Waals surface area contributed by atoms with Crippen molar-refractivity contribution in [3.63, 3.8) is 0 Å². The molecule has 19 heavy (non-hydrogen) atoms. The monoisotopic (exact) mass is 286 g/mol. The van der Waals surface area contributed by atoms with Gasteiger partial charge in [-0.3, -0.25) is 0 Å². The normalized spacial score (nSPS) is 16.6. The third kappa shape index (κ3) is 2.80. The Hall–Kier alpha value is -0.980. The van der Waals surface area contributed by atoms with E-state index in [2.05, 4.69) is 5.32 Å². The Morgan fingerprint density at radius 3 is 2.63 bits per heavy atom. The Balaban J connectivity index is 2.40. The zero-order chi connectivity index (χ0) is 14.0. The summed E-state index contributed by atoms with van der Waals surface area (Å²) >= 11 is 0. The number of hydrogen-bond acceptors (Lipinski definition) is 3. The Morgan fingerprint density at radius 1 is 1.42 bits per heavy atom. The summed E-state index contributed by atoms with van der Waals surface area (Å²) in [6.07, 6.45) is 0.711. The van der Waals surface area contributed by atoms with Gasteiger partial charge in [-0.15, -0.1) is 0 Å². The molecule has 0 amide bonds. The van der Waals surface area contributed by atoms with E-state index >= 15 is 0 Å². The lowest BCUT2D eigenvalue weighted by Crippen LogP contribution is -2.58. The molecule has 0 spiro atoms. The number of rotatable bonds is 5. The standard InChI is InChI=1S/C13H19FN2O2S/c1-3-6-16(11-8-15-9-11)19(17,18)13-7-10(2)4-5-12(13)14/h4-5,7,11,15H,3,6,8-9H2,1-2H3. The van der Waals surface area contributed by atoms with Crippen molar-refractivity contribution in [2.24, 2.45) is 0 Å². The molecular weight excluding hydrogens is 267 g/mol. The summed E-state index contributed by atoms with van der Waals surface area (Å²) in [7, 11) is -3.76. The van der Waals surface area contributed by atoms with Gasteiger partial charge in [-0.25, -0.2) is 12.8 Å². The van der Waals surface area contributed by atoms with E-state index in [1.165, 1.54) is 16.4 Å². The first-order chi connectivity index (χ1) is 8.96. The fourth-order valence-corrected chi connectivity index (χ4v) is 4.00. The van der Waals surface area contributed by atoms with Crippen LogP contribution in [0.5, 0.6) is 0 Å². The van der Waals surface area contributed by atoms with Crippen LogP contribution in [0.1, 0.15) is 18.9 Å². The molecule has 1 aliphatic heterocycles. The average molecular weight is 286 g/mol. The zero-order valence-electron chi connectivity index (χ0n) is 11.2. The first kappa shape index (κ1) is 14.4. The molecule has 0 unspecified atom stereocenters. The molecule has 1 aromatic carbocycles. The van der Waals surface area contributed by atoms with Crippen LogP contribution in [0.15, 0.2) is 23.1 Å². The van der Waals surface area contributed by atoms with Crippen LogP contribution in [0.3, 0.4) is 0 Å². The molecule has 106 valence electrons. The van der Waals surface area contributed by atoms with Crippen LogP contribution < -0.4 is 5.32 Å². The summed E-state index contributed by atoms with van der Waals surface area (Å²) in [4.78, 5) is -0.215. The van der Waals surface area contributed by atoms with E-state index in [4.69, 9.17) is 0 Å². The van der Waals surface area contributed by atoms with Crippen molar-refractivity contribution in [1.82, 2.24) is 9.62 Å². The number of nitrogens with one attached hydrogen (secondary N) is 1. The minimum absolute atomic E-state index is 0.0649. The van der Waals surface area contributed by atoms with Crippen molar-refractivity contribution in [3.8, 4) is 0 Å². The highest BCUT2D eigenvalue weighted by atomic mass is 32.2. The minimum atomic E-state index is -3.76. The van der Waals surface area contributed by atoms with Crippen molar-refractivity contribution in [1.29, 1.82) is 0 Å². The van der Waals surface area contributed by atoms with Crippen molar-refractivity contribution in [2.75, 3.05) is 19.6 Å². The molecule has 1 aromatic rings. The van der Waals surface area contributed by atoms with Gasteiger partial charge in [-0.2, -0.15) is 4.31 Å². The number of nitrogens with zero attached hydrogens (tertiary/aromatic N) is 1. The van der Waals surface area contributed by atoms with Gasteiger partial charge in [0.15, 0.2) is 0 Å². The highest BCUT2D eigenvalue weighted by molar-refractivity contribution is 7.89. The molecule has 1 fully saturated rings. The Kier molecular flexibility index (Phi) is 4.23. The maximum Gasteiger partial charge on any atom is 0.246 e. The summed E-state index contributed by atoms with van der Waals surface area (Å²) in [6.45, 7) is 5.36. The van der Waals surface area contributed by atoms with Crippen LogP contribution in [0.25, 0.3) is 0 Å². The molecule has 2 rings (SSSR count). The molecule has 1 saturated heterocycles. The summed E-state index contributed by atoms with van der Waals surface area (Å²) < 4.78 is 40.4. The Bertz CT molecular complexity index is 556. The van der Waals surface area contributed by atoms with Crippen LogP contribution in [0.4, 0.5) is 4.39 Å². The van der Waals surface area contributed by atoms with Gasteiger partial charge in [0.1, 0.15) is 10.7 Å². The van der Waals surface area contributed by atoms with E-state index in [1.807, 2.05) is 6.92 Å². The Morgan fingerprint density at radius 2 is 2.11 bits per heavy atom. The lowest BCUT2D eigenvalue weighted by molar-refractivity contribution is 0.241. The molecular formula is C13H19FN2O2S. The topological polar surface area (TPSA) is 49.4 Å². The van der Waals surface area contributed by atoms with Crippen LogP contribution in [0.2, 0.25) is 0 Å². The van der Waals surface area contributed by atoms with E-state index in [9.17, 15) is 12.8 Å². The van der Waals surface area contributed by atoms with Crippen molar-refractivity contribution >= 4 is 10.0 Å². The van der Waals surface area contributed by atoms with Gasteiger partial charge in [0.25, 0.3) is 0 Å². The first-order valence-corrected chi connectivity index (χ1v) is 7.89. The van der Waals surface area contributed by atoms with E-state index < -0.39 is 15.8 Å². The van der Waals surface area contributed by atoms with E-state index in [0.717, 1.165) is 5.56 Å². The van der Waals surface area contributed by atoms with Crippen LogP contribution in [0, 0.1) is 12.7 Å². The van der Waals surface area contributed by atoms with E-state index in [0.29, 0.717) is 26.1 Å². The van der Waals surface area contributed by atoms with E-state index in [1.54, 1.807) is 13.0 Å². The zero-order valence-corrected chi connectivity index (χ0v) is 12.0. The van der Waals surface area contributed by atoms with Gasteiger partial charge in [0, 0.05) is 19.6 Å². The summed E-state index contributed by atoms with van der Waals surface area (Å²) in [5.41, 5.74) is 0.739. The second-order valence-corrected chi connectivity index (χ2v) is 6.72. The Labute approximate surface area is 113 Å². The molecule has 0 atom stereocenters. The number of sulfonamides is 1. The first-order valence-electron chi connectivity index (χ1n) is 6.45. The van der Waals surface area contributed by atoms with Gasteiger partial charge in [0.05, 0.1) is 6.04 Å². The highest BCUT2D eigenvalue weighted by Gasteiger charge is 2.35. The van der Waals surface area contributed by atoms with Gasteiger partial charge < -0.3 is 5.32 Å². The SMILES string of the molecule is CCCN(C1CNC1)S(=O)(=O)c1cc(C)ccc1F. The second kappa shape index (κ2) is 5.56.